The predicted octanol–water partition coefficient (Wildman–Crippen LogP) is 2.28. The number of imide groups is 1. The smallest absolute Gasteiger partial charge is 0.326 e. The molecule has 7 heteroatoms. The Bertz CT molecular complexity index is 641. The van der Waals surface area contributed by atoms with E-state index in [0.29, 0.717) is 13.1 Å². The van der Waals surface area contributed by atoms with Gasteiger partial charge in [-0.25, -0.2) is 9.69 Å². The summed E-state index contributed by atoms with van der Waals surface area (Å²) in [6, 6.07) is 7.09. The van der Waals surface area contributed by atoms with Gasteiger partial charge >= 0.3 is 6.03 Å². The molecule has 2 saturated heterocycles. The molecule has 2 aliphatic heterocycles. The molecule has 3 amide bonds. The minimum Gasteiger partial charge on any atom is -0.373 e. The number of carbonyl (C=O) groups excluding carboxylic acids is 2. The number of nitrogens with one attached hydrogen (secondary N) is 1. The topological polar surface area (TPSA) is 61.9 Å². The highest BCUT2D eigenvalue weighted by Gasteiger charge is 2.49. The molecule has 1 aromatic carbocycles. The number of halogens is 1. The van der Waals surface area contributed by atoms with E-state index in [-0.39, 0.29) is 30.8 Å². The van der Waals surface area contributed by atoms with Gasteiger partial charge in [-0.05, 0) is 38.5 Å². The van der Waals surface area contributed by atoms with Gasteiger partial charge in [-0.15, -0.1) is 0 Å². The normalized spacial score (nSPS) is 31.4. The number of morpholine rings is 1. The van der Waals surface area contributed by atoms with Crippen molar-refractivity contribution >= 4 is 27.9 Å². The summed E-state index contributed by atoms with van der Waals surface area (Å²) in [5.74, 6) is -0.221. The number of rotatable bonds is 3. The van der Waals surface area contributed by atoms with Crippen molar-refractivity contribution in [3.8, 4) is 0 Å². The maximum atomic E-state index is 12.9. The molecule has 0 radical (unpaired) electrons. The second-order valence-electron chi connectivity index (χ2n) is 6.73. The third-order valence-corrected chi connectivity index (χ3v) is 5.06. The van der Waals surface area contributed by atoms with Crippen molar-refractivity contribution in [1.82, 2.24) is 15.1 Å². The highest BCUT2D eigenvalue weighted by molar-refractivity contribution is 9.10. The van der Waals surface area contributed by atoms with Crippen LogP contribution in [0.5, 0.6) is 0 Å². The molecule has 0 bridgehead atoms. The molecular formula is C17H22BrN3O3. The first kappa shape index (κ1) is 17.4. The lowest BCUT2D eigenvalue weighted by molar-refractivity contribution is -0.135. The van der Waals surface area contributed by atoms with Crippen molar-refractivity contribution in [3.05, 3.63) is 34.3 Å². The van der Waals surface area contributed by atoms with Gasteiger partial charge < -0.3 is 10.1 Å². The van der Waals surface area contributed by atoms with E-state index in [4.69, 9.17) is 4.74 Å². The molecule has 3 rings (SSSR count). The molecule has 2 fully saturated rings. The molecule has 1 N–H and O–H groups in total. The van der Waals surface area contributed by atoms with E-state index in [9.17, 15) is 9.59 Å². The lowest BCUT2D eigenvalue weighted by Crippen LogP contribution is -2.51. The minimum absolute atomic E-state index is 0.0902. The first-order valence-electron chi connectivity index (χ1n) is 8.07. The maximum absolute atomic E-state index is 12.9. The Kier molecular flexibility index (Phi) is 4.68. The van der Waals surface area contributed by atoms with Crippen LogP contribution in [0.25, 0.3) is 0 Å². The molecular weight excluding hydrogens is 374 g/mol. The molecule has 3 unspecified atom stereocenters. The van der Waals surface area contributed by atoms with Gasteiger partial charge in [-0.3, -0.25) is 9.69 Å². The molecule has 0 spiro atoms. The average Bonchev–Trinajstić information content (AvgIpc) is 2.71. The summed E-state index contributed by atoms with van der Waals surface area (Å²) in [6.45, 7) is 7.45. The van der Waals surface area contributed by atoms with Crippen molar-refractivity contribution < 1.29 is 14.3 Å². The molecule has 0 aliphatic carbocycles. The van der Waals surface area contributed by atoms with Crippen LogP contribution in [0.2, 0.25) is 0 Å². The van der Waals surface area contributed by atoms with Crippen LogP contribution >= 0.6 is 15.9 Å². The van der Waals surface area contributed by atoms with Crippen molar-refractivity contribution in [2.45, 2.75) is 38.5 Å². The third kappa shape index (κ3) is 3.20. The van der Waals surface area contributed by atoms with Gasteiger partial charge in [0.05, 0.1) is 18.9 Å². The van der Waals surface area contributed by atoms with E-state index in [1.54, 1.807) is 6.92 Å². The Morgan fingerprint density at radius 3 is 2.38 bits per heavy atom. The van der Waals surface area contributed by atoms with E-state index < -0.39 is 5.54 Å². The van der Waals surface area contributed by atoms with Crippen LogP contribution in [0.3, 0.4) is 0 Å². The molecule has 6 nitrogen and oxygen atoms in total. The number of benzene rings is 1. The molecule has 0 saturated carbocycles. The second-order valence-corrected chi connectivity index (χ2v) is 7.65. The van der Waals surface area contributed by atoms with Gasteiger partial charge in [0.2, 0.25) is 0 Å². The molecule has 2 aliphatic rings. The van der Waals surface area contributed by atoms with Crippen molar-refractivity contribution in [3.63, 3.8) is 0 Å². The molecule has 1 aromatic rings. The van der Waals surface area contributed by atoms with Crippen molar-refractivity contribution in [2.75, 3.05) is 19.8 Å². The molecule has 130 valence electrons. The van der Waals surface area contributed by atoms with Gasteiger partial charge in [0.1, 0.15) is 5.54 Å². The van der Waals surface area contributed by atoms with Crippen LogP contribution in [0.1, 0.15) is 26.3 Å². The van der Waals surface area contributed by atoms with Crippen LogP contribution in [-0.4, -0.2) is 53.7 Å². The zero-order valence-electron chi connectivity index (χ0n) is 14.1. The van der Waals surface area contributed by atoms with E-state index in [1.165, 1.54) is 4.90 Å². The molecule has 24 heavy (non-hydrogen) atoms. The van der Waals surface area contributed by atoms with Gasteiger partial charge in [0.25, 0.3) is 5.91 Å². The summed E-state index contributed by atoms with van der Waals surface area (Å²) in [4.78, 5) is 28.7. The lowest BCUT2D eigenvalue weighted by Gasteiger charge is -2.36. The first-order valence-corrected chi connectivity index (χ1v) is 8.87. The highest BCUT2D eigenvalue weighted by Crippen LogP contribution is 2.30. The quantitative estimate of drug-likeness (QED) is 0.797. The monoisotopic (exact) mass is 395 g/mol. The fourth-order valence-corrected chi connectivity index (χ4v) is 3.67. The summed E-state index contributed by atoms with van der Waals surface area (Å²) in [6.07, 6.45) is 0.180. The summed E-state index contributed by atoms with van der Waals surface area (Å²) >= 11 is 3.39. The number of nitrogens with zero attached hydrogens (tertiary/aromatic N) is 2. The Labute approximate surface area is 150 Å². The van der Waals surface area contributed by atoms with Gasteiger partial charge in [0.15, 0.2) is 0 Å². The van der Waals surface area contributed by atoms with E-state index in [2.05, 4.69) is 26.1 Å². The average molecular weight is 396 g/mol. The van der Waals surface area contributed by atoms with E-state index in [0.717, 1.165) is 10.0 Å². The maximum Gasteiger partial charge on any atom is 0.326 e. The van der Waals surface area contributed by atoms with Gasteiger partial charge in [-0.2, -0.15) is 0 Å². The highest BCUT2D eigenvalue weighted by atomic mass is 79.9. The third-order valence-electron chi connectivity index (χ3n) is 4.53. The minimum atomic E-state index is -1.03. The fraction of sp³-hybridized carbons (Fsp3) is 0.529. The Balaban J connectivity index is 1.77. The van der Waals surface area contributed by atoms with Crippen LogP contribution < -0.4 is 5.32 Å². The molecule has 2 heterocycles. The Morgan fingerprint density at radius 1 is 1.21 bits per heavy atom. The SMILES string of the molecule is CC1CN(CN2C(=O)NC(C)(c3ccc(Br)cc3)C2=O)CC(C)O1. The standard InChI is InChI=1S/C17H22BrN3O3/c1-11-8-20(9-12(2)24-11)10-21-15(22)17(3,19-16(21)23)13-4-6-14(18)7-5-13/h4-7,11-12H,8-10H2,1-3H3,(H,19,23). The zero-order chi connectivity index (χ0) is 17.5. The van der Waals surface area contributed by atoms with Crippen LogP contribution in [0.4, 0.5) is 4.79 Å². The van der Waals surface area contributed by atoms with Crippen molar-refractivity contribution in [1.29, 1.82) is 0 Å². The van der Waals surface area contributed by atoms with Crippen molar-refractivity contribution in [2.24, 2.45) is 0 Å². The number of hydrogen-bond acceptors (Lipinski definition) is 4. The summed E-state index contributed by atoms with van der Waals surface area (Å²) in [5, 5.41) is 2.84. The summed E-state index contributed by atoms with van der Waals surface area (Å²) < 4.78 is 6.64. The summed E-state index contributed by atoms with van der Waals surface area (Å²) in [5.41, 5.74) is -0.253. The summed E-state index contributed by atoms with van der Waals surface area (Å²) in [7, 11) is 0. The zero-order valence-corrected chi connectivity index (χ0v) is 15.7. The van der Waals surface area contributed by atoms with Crippen LogP contribution in [-0.2, 0) is 15.1 Å². The number of ether oxygens (including phenoxy) is 1. The number of carbonyl (C=O) groups is 2. The van der Waals surface area contributed by atoms with Gasteiger partial charge in [-0.1, -0.05) is 28.1 Å². The molecule has 3 atom stereocenters. The Hall–Kier alpha value is -1.44. The largest absolute Gasteiger partial charge is 0.373 e. The second kappa shape index (κ2) is 6.46. The van der Waals surface area contributed by atoms with Crippen LogP contribution in [0.15, 0.2) is 28.7 Å². The van der Waals surface area contributed by atoms with E-state index in [1.807, 2.05) is 38.1 Å². The lowest BCUT2D eigenvalue weighted by atomic mass is 9.92. The number of hydrogen-bond donors (Lipinski definition) is 1. The van der Waals surface area contributed by atoms with Gasteiger partial charge in [0, 0.05) is 17.6 Å². The van der Waals surface area contributed by atoms with E-state index >= 15 is 0 Å². The first-order chi connectivity index (χ1) is 11.3. The fourth-order valence-electron chi connectivity index (χ4n) is 3.40. The number of amides is 3. The van der Waals surface area contributed by atoms with Crippen LogP contribution in [0, 0.1) is 0 Å². The number of urea groups is 1. The molecule has 0 aromatic heterocycles. The predicted molar refractivity (Wildman–Crippen MR) is 93.3 cm³/mol. The Morgan fingerprint density at radius 2 is 1.79 bits per heavy atom.